The van der Waals surface area contributed by atoms with Crippen LogP contribution >= 0.6 is 0 Å². The summed E-state index contributed by atoms with van der Waals surface area (Å²) in [4.78, 5) is 35.0. The van der Waals surface area contributed by atoms with Crippen molar-refractivity contribution in [2.45, 2.75) is 37.7 Å². The number of rotatable bonds is 5. The highest BCUT2D eigenvalue weighted by molar-refractivity contribution is 5.97. The smallest absolute Gasteiger partial charge is 0.255 e. The van der Waals surface area contributed by atoms with Crippen molar-refractivity contribution in [3.05, 3.63) is 47.2 Å². The molecule has 10 nitrogen and oxygen atoms in total. The van der Waals surface area contributed by atoms with Crippen LogP contribution < -0.4 is 4.74 Å². The third kappa shape index (κ3) is 4.33. The highest BCUT2D eigenvalue weighted by atomic mass is 16.5. The van der Waals surface area contributed by atoms with E-state index in [1.165, 1.54) is 0 Å². The van der Waals surface area contributed by atoms with Crippen molar-refractivity contribution >= 4 is 22.8 Å². The maximum Gasteiger partial charge on any atom is 0.255 e. The molecule has 3 atom stereocenters. The maximum absolute atomic E-state index is 13.4. The number of carbonyl (C=O) groups is 2. The summed E-state index contributed by atoms with van der Waals surface area (Å²) in [6.45, 7) is 4.02. The van der Waals surface area contributed by atoms with Gasteiger partial charge in [0.15, 0.2) is 0 Å². The number of carbonyl (C=O) groups excluding carboxylic acids is 2. The lowest BCUT2D eigenvalue weighted by molar-refractivity contribution is 0.00505. The van der Waals surface area contributed by atoms with E-state index in [4.69, 9.17) is 9.47 Å². The van der Waals surface area contributed by atoms with Gasteiger partial charge in [-0.2, -0.15) is 15.4 Å². The average molecular weight is 503 g/mol. The number of amides is 2. The maximum atomic E-state index is 13.4. The van der Waals surface area contributed by atoms with Gasteiger partial charge in [-0.05, 0) is 55.9 Å². The van der Waals surface area contributed by atoms with Gasteiger partial charge in [0, 0.05) is 61.9 Å². The first kappa shape index (κ1) is 22.7. The molecule has 7 rings (SSSR count). The van der Waals surface area contributed by atoms with E-state index in [1.54, 1.807) is 18.3 Å². The van der Waals surface area contributed by atoms with Crippen molar-refractivity contribution in [3.8, 4) is 5.88 Å². The summed E-state index contributed by atoms with van der Waals surface area (Å²) in [5, 5.41) is 10.7. The Morgan fingerprint density at radius 1 is 0.919 bits per heavy atom. The predicted octanol–water partition coefficient (Wildman–Crippen LogP) is 2.63. The first-order valence-corrected chi connectivity index (χ1v) is 13.3. The van der Waals surface area contributed by atoms with E-state index >= 15 is 0 Å². The SMILES string of the molecule is O=C(c1cnc(OC2CCCOC2)c(C2CC2)c1)N1CC2CN(C(=O)c3ccc4n[nH]nc4c3)C[C@H]2C1. The molecule has 3 saturated heterocycles. The van der Waals surface area contributed by atoms with E-state index < -0.39 is 0 Å². The molecule has 0 spiro atoms. The van der Waals surface area contributed by atoms with Gasteiger partial charge in [0.25, 0.3) is 11.8 Å². The van der Waals surface area contributed by atoms with E-state index in [9.17, 15) is 9.59 Å². The largest absolute Gasteiger partial charge is 0.472 e. The van der Waals surface area contributed by atoms with Crippen molar-refractivity contribution in [1.82, 2.24) is 30.2 Å². The number of benzene rings is 1. The van der Waals surface area contributed by atoms with Crippen LogP contribution in [0.2, 0.25) is 0 Å². The highest BCUT2D eigenvalue weighted by Crippen LogP contribution is 2.44. The van der Waals surface area contributed by atoms with Gasteiger partial charge in [-0.15, -0.1) is 0 Å². The standard InChI is InChI=1S/C27H30N6O4/c34-26(17-5-6-23-24(9-17)30-31-29-23)32-11-19-13-33(14-20(19)12-32)27(35)18-8-22(16-3-4-16)25(28-10-18)37-21-2-1-7-36-15-21/h5-6,8-10,16,19-21H,1-4,7,11-15H2,(H,29,30,31)/t19-,20?,21?/m0/s1. The van der Waals surface area contributed by atoms with Crippen LogP contribution in [0.5, 0.6) is 5.88 Å². The summed E-state index contributed by atoms with van der Waals surface area (Å²) < 4.78 is 11.7. The summed E-state index contributed by atoms with van der Waals surface area (Å²) in [7, 11) is 0. The molecule has 0 radical (unpaired) electrons. The Bertz CT molecular complexity index is 1330. The van der Waals surface area contributed by atoms with Crippen molar-refractivity contribution in [3.63, 3.8) is 0 Å². The fourth-order valence-corrected chi connectivity index (χ4v) is 6.00. The van der Waals surface area contributed by atoms with Crippen LogP contribution in [0.4, 0.5) is 0 Å². The molecular weight excluding hydrogens is 472 g/mol. The summed E-state index contributed by atoms with van der Waals surface area (Å²) in [6.07, 6.45) is 5.88. The summed E-state index contributed by atoms with van der Waals surface area (Å²) >= 11 is 0. The van der Waals surface area contributed by atoms with Crippen molar-refractivity contribution in [2.24, 2.45) is 11.8 Å². The highest BCUT2D eigenvalue weighted by Gasteiger charge is 2.43. The quantitative estimate of drug-likeness (QED) is 0.571. The fourth-order valence-electron chi connectivity index (χ4n) is 6.00. The molecule has 4 fully saturated rings. The minimum Gasteiger partial charge on any atom is -0.472 e. The Morgan fingerprint density at radius 2 is 1.65 bits per heavy atom. The molecule has 192 valence electrons. The second-order valence-electron chi connectivity index (χ2n) is 10.8. The Morgan fingerprint density at radius 3 is 2.35 bits per heavy atom. The van der Waals surface area contributed by atoms with Crippen LogP contribution in [0, 0.1) is 11.8 Å². The molecule has 4 aliphatic rings. The molecule has 3 aliphatic heterocycles. The van der Waals surface area contributed by atoms with Crippen molar-refractivity contribution in [2.75, 3.05) is 39.4 Å². The molecule has 2 aromatic heterocycles. The van der Waals surface area contributed by atoms with Gasteiger partial charge in [0.2, 0.25) is 5.88 Å². The van der Waals surface area contributed by atoms with Crippen LogP contribution in [-0.4, -0.2) is 87.5 Å². The zero-order valence-corrected chi connectivity index (χ0v) is 20.6. The zero-order chi connectivity index (χ0) is 24.9. The molecule has 10 heteroatoms. The van der Waals surface area contributed by atoms with Gasteiger partial charge in [0.05, 0.1) is 12.2 Å². The predicted molar refractivity (Wildman–Crippen MR) is 133 cm³/mol. The van der Waals surface area contributed by atoms with E-state index in [2.05, 4.69) is 20.4 Å². The third-order valence-corrected chi connectivity index (χ3v) is 8.16. The van der Waals surface area contributed by atoms with Crippen molar-refractivity contribution in [1.29, 1.82) is 0 Å². The minimum atomic E-state index is 0.00871. The summed E-state index contributed by atoms with van der Waals surface area (Å²) in [5.74, 6) is 1.68. The normalized spacial score (nSPS) is 25.5. The average Bonchev–Trinajstić information content (AvgIpc) is 3.33. The van der Waals surface area contributed by atoms with Gasteiger partial charge in [-0.25, -0.2) is 4.98 Å². The molecule has 1 aromatic carbocycles. The van der Waals surface area contributed by atoms with E-state index in [0.29, 0.717) is 61.2 Å². The van der Waals surface area contributed by atoms with Crippen LogP contribution in [0.15, 0.2) is 30.5 Å². The molecule has 3 aromatic rings. The fraction of sp³-hybridized carbons (Fsp3) is 0.519. The van der Waals surface area contributed by atoms with Gasteiger partial charge in [-0.3, -0.25) is 9.59 Å². The number of likely N-dealkylation sites (tertiary alicyclic amines) is 2. The number of aromatic amines is 1. The summed E-state index contributed by atoms with van der Waals surface area (Å²) in [6, 6.07) is 7.39. The first-order chi connectivity index (χ1) is 18.1. The molecule has 2 unspecified atom stereocenters. The number of hydrogen-bond donors (Lipinski definition) is 1. The van der Waals surface area contributed by atoms with E-state index in [1.807, 2.05) is 21.9 Å². The Labute approximate surface area is 214 Å². The molecule has 0 bridgehead atoms. The summed E-state index contributed by atoms with van der Waals surface area (Å²) in [5.41, 5.74) is 3.73. The number of fused-ring (bicyclic) bond motifs is 2. The molecule has 1 aliphatic carbocycles. The lowest BCUT2D eigenvalue weighted by Gasteiger charge is -2.24. The second-order valence-corrected chi connectivity index (χ2v) is 10.8. The molecule has 1 saturated carbocycles. The van der Waals surface area contributed by atoms with Crippen LogP contribution in [-0.2, 0) is 4.74 Å². The zero-order valence-electron chi connectivity index (χ0n) is 20.6. The number of nitrogens with one attached hydrogen (secondary N) is 1. The third-order valence-electron chi connectivity index (χ3n) is 8.16. The van der Waals surface area contributed by atoms with Crippen LogP contribution in [0.3, 0.4) is 0 Å². The Balaban J connectivity index is 1.01. The Kier molecular flexibility index (Phi) is 5.57. The van der Waals surface area contributed by atoms with Gasteiger partial charge >= 0.3 is 0 Å². The number of nitrogens with zero attached hydrogens (tertiary/aromatic N) is 5. The molecular formula is C27H30N6O4. The van der Waals surface area contributed by atoms with E-state index in [-0.39, 0.29) is 29.8 Å². The second kappa shape index (κ2) is 9.09. The van der Waals surface area contributed by atoms with Gasteiger partial charge in [-0.1, -0.05) is 0 Å². The lowest BCUT2D eigenvalue weighted by Crippen LogP contribution is -2.35. The molecule has 37 heavy (non-hydrogen) atoms. The lowest BCUT2D eigenvalue weighted by atomic mass is 10.0. The number of hydrogen-bond acceptors (Lipinski definition) is 7. The number of pyridine rings is 1. The van der Waals surface area contributed by atoms with Crippen LogP contribution in [0.25, 0.3) is 11.0 Å². The molecule has 5 heterocycles. The number of H-pyrrole nitrogens is 1. The molecule has 2 amide bonds. The number of aromatic nitrogens is 4. The van der Waals surface area contributed by atoms with Crippen molar-refractivity contribution < 1.29 is 19.1 Å². The number of ether oxygens (including phenoxy) is 2. The molecule has 1 N–H and O–H groups in total. The van der Waals surface area contributed by atoms with Gasteiger partial charge in [0.1, 0.15) is 17.1 Å². The first-order valence-electron chi connectivity index (χ1n) is 13.3. The topological polar surface area (TPSA) is 114 Å². The minimum absolute atomic E-state index is 0.00871. The van der Waals surface area contributed by atoms with Gasteiger partial charge < -0.3 is 19.3 Å². The van der Waals surface area contributed by atoms with Crippen LogP contribution in [0.1, 0.15) is 57.9 Å². The monoisotopic (exact) mass is 502 g/mol. The van der Waals surface area contributed by atoms with E-state index in [0.717, 1.165) is 43.4 Å². The Hall–Kier alpha value is -3.53.